The van der Waals surface area contributed by atoms with Gasteiger partial charge in [-0.25, -0.2) is 0 Å². The molecule has 0 radical (unpaired) electrons. The molecule has 2 heterocycles. The van der Waals surface area contributed by atoms with E-state index in [1.54, 1.807) is 0 Å². The molecule has 0 atom stereocenters. The van der Waals surface area contributed by atoms with Gasteiger partial charge in [0.25, 0.3) is 0 Å². The maximum atomic E-state index is 3.88. The smallest absolute Gasteiger partial charge is 0.198 e. The fraction of sp³-hybridized carbons (Fsp3) is 0. The molecule has 8 aromatic rings. The van der Waals surface area contributed by atoms with E-state index in [2.05, 4.69) is 174 Å². The first-order valence-corrected chi connectivity index (χ1v) is 17.3. The normalized spacial score (nSPS) is 12.6. The van der Waals surface area contributed by atoms with Crippen molar-refractivity contribution >= 4 is 79.9 Å². The number of benzene rings is 8. The highest BCUT2D eigenvalue weighted by Crippen LogP contribution is 2.52. The predicted octanol–water partition coefficient (Wildman–Crippen LogP) is 10.7. The van der Waals surface area contributed by atoms with Crippen LogP contribution in [0.5, 0.6) is 0 Å². The van der Waals surface area contributed by atoms with Gasteiger partial charge in [0.1, 0.15) is 0 Å². The summed E-state index contributed by atoms with van der Waals surface area (Å²) >= 11 is 1.88. The molecule has 224 valence electrons. The first-order chi connectivity index (χ1) is 23.8. The fourth-order valence-electron chi connectivity index (χ4n) is 7.60. The van der Waals surface area contributed by atoms with Crippen molar-refractivity contribution in [3.63, 3.8) is 0 Å². The third-order valence-corrected chi connectivity index (χ3v) is 10.9. The third-order valence-electron chi connectivity index (χ3n) is 9.80. The Labute approximate surface area is 284 Å². The molecule has 0 saturated carbocycles. The molecule has 0 amide bonds. The Kier molecular flexibility index (Phi) is 6.25. The summed E-state index contributed by atoms with van der Waals surface area (Å²) in [5, 5.41) is 8.84. The van der Waals surface area contributed by atoms with Gasteiger partial charge in [-0.15, -0.1) is 0 Å². The van der Waals surface area contributed by atoms with Crippen molar-refractivity contribution in [2.24, 2.45) is 0 Å². The summed E-state index contributed by atoms with van der Waals surface area (Å²) < 4.78 is 0. The van der Waals surface area contributed by atoms with Crippen molar-refractivity contribution in [2.75, 3.05) is 10.2 Å². The van der Waals surface area contributed by atoms with Crippen LogP contribution in [0.3, 0.4) is 0 Å². The largest absolute Gasteiger partial charge is 0.355 e. The van der Waals surface area contributed by atoms with E-state index in [4.69, 9.17) is 0 Å². The molecule has 0 saturated heterocycles. The number of hydrogen-bond donors (Lipinski definition) is 1. The summed E-state index contributed by atoms with van der Waals surface area (Å²) in [6.45, 7) is 0. The lowest BCUT2D eigenvalue weighted by atomic mass is 9.57. The Hall–Kier alpha value is -5.71. The molecule has 0 aromatic heterocycles. The van der Waals surface area contributed by atoms with Crippen molar-refractivity contribution in [3.8, 4) is 22.3 Å². The van der Waals surface area contributed by atoms with Gasteiger partial charge in [-0.3, -0.25) is 0 Å². The lowest BCUT2D eigenvalue weighted by Gasteiger charge is -2.40. The van der Waals surface area contributed by atoms with Crippen molar-refractivity contribution in [2.45, 2.75) is 9.79 Å². The van der Waals surface area contributed by atoms with E-state index < -0.39 is 0 Å². The van der Waals surface area contributed by atoms with Gasteiger partial charge in [0.05, 0.1) is 11.4 Å². The molecule has 8 aromatic carbocycles. The second-order valence-electron chi connectivity index (χ2n) is 12.6. The van der Waals surface area contributed by atoms with Gasteiger partial charge >= 0.3 is 0 Å². The molecule has 0 unspecified atom stereocenters. The summed E-state index contributed by atoms with van der Waals surface area (Å²) in [5.41, 5.74) is 13.7. The number of hydrogen-bond acceptors (Lipinski definition) is 3. The number of rotatable bonds is 4. The van der Waals surface area contributed by atoms with E-state index >= 15 is 0 Å². The summed E-state index contributed by atoms with van der Waals surface area (Å²) in [5.74, 6) is 0. The van der Waals surface area contributed by atoms with Crippen LogP contribution in [0.2, 0.25) is 0 Å². The van der Waals surface area contributed by atoms with E-state index in [1.165, 1.54) is 81.6 Å². The SMILES string of the molecule is B1c2cccc3c2N(c2ccccc2S3)c2cc3ccccc3c(-c3cc4ccccc4cc3Nc3ccc(-c4ccccc4)cc3)c21. The second kappa shape index (κ2) is 10.9. The van der Waals surface area contributed by atoms with Crippen LogP contribution in [0.15, 0.2) is 174 Å². The summed E-state index contributed by atoms with van der Waals surface area (Å²) in [6.07, 6.45) is 0. The van der Waals surface area contributed by atoms with E-state index in [-0.39, 0.29) is 0 Å². The molecule has 4 heteroatoms. The van der Waals surface area contributed by atoms with Crippen LogP contribution < -0.4 is 21.1 Å². The quantitative estimate of drug-likeness (QED) is 0.195. The van der Waals surface area contributed by atoms with Crippen LogP contribution >= 0.6 is 11.8 Å². The lowest BCUT2D eigenvalue weighted by molar-refractivity contribution is 1.18. The minimum absolute atomic E-state index is 0.871. The molecule has 0 spiro atoms. The summed E-state index contributed by atoms with van der Waals surface area (Å²) in [7, 11) is 0.871. The van der Waals surface area contributed by atoms with Crippen LogP contribution in [0.25, 0.3) is 43.8 Å². The lowest BCUT2D eigenvalue weighted by Crippen LogP contribution is -2.42. The van der Waals surface area contributed by atoms with Crippen molar-refractivity contribution in [1.82, 2.24) is 0 Å². The standard InChI is InChI=1S/C44H29BN2S/c1-2-11-28(12-3-1)29-21-23-33(24-22-29)46-37-26-31-14-5-4-13-30(31)25-35(37)42-34-16-7-6-15-32(34)27-39-43(42)45-36-17-10-20-41-44(36)47(39)38-18-8-9-19-40(38)48-41/h1-27,45-46H. The molecule has 10 rings (SSSR count). The first kappa shape index (κ1) is 27.4. The van der Waals surface area contributed by atoms with Crippen LogP contribution in [-0.4, -0.2) is 7.28 Å². The molecular formula is C44H29BN2S. The van der Waals surface area contributed by atoms with Crippen molar-refractivity contribution in [1.29, 1.82) is 0 Å². The number of fused-ring (bicyclic) bond motifs is 6. The van der Waals surface area contributed by atoms with Crippen LogP contribution in [0, 0.1) is 0 Å². The highest BCUT2D eigenvalue weighted by Gasteiger charge is 2.34. The zero-order valence-electron chi connectivity index (χ0n) is 26.2. The second-order valence-corrected chi connectivity index (χ2v) is 13.7. The Morgan fingerprint density at radius 1 is 0.521 bits per heavy atom. The fourth-order valence-corrected chi connectivity index (χ4v) is 8.71. The van der Waals surface area contributed by atoms with Crippen LogP contribution in [0.1, 0.15) is 0 Å². The minimum atomic E-state index is 0.871. The van der Waals surface area contributed by atoms with E-state index in [1.807, 2.05) is 11.8 Å². The topological polar surface area (TPSA) is 15.3 Å². The molecule has 2 nitrogen and oxygen atoms in total. The summed E-state index contributed by atoms with van der Waals surface area (Å²) in [6, 6.07) is 59.8. The highest BCUT2D eigenvalue weighted by atomic mass is 32.2. The Balaban J connectivity index is 1.21. The van der Waals surface area contributed by atoms with Gasteiger partial charge in [0.15, 0.2) is 7.28 Å². The monoisotopic (exact) mass is 628 g/mol. The Morgan fingerprint density at radius 2 is 1.21 bits per heavy atom. The first-order valence-electron chi connectivity index (χ1n) is 16.5. The average molecular weight is 629 g/mol. The summed E-state index contributed by atoms with van der Waals surface area (Å²) in [4.78, 5) is 5.14. The molecule has 48 heavy (non-hydrogen) atoms. The van der Waals surface area contributed by atoms with Gasteiger partial charge in [-0.05, 0) is 92.2 Å². The molecule has 0 fully saturated rings. The zero-order chi connectivity index (χ0) is 31.6. The third kappa shape index (κ3) is 4.37. The van der Waals surface area contributed by atoms with Gasteiger partial charge in [-0.1, -0.05) is 132 Å². The Morgan fingerprint density at radius 3 is 2.06 bits per heavy atom. The van der Waals surface area contributed by atoms with Gasteiger partial charge in [0.2, 0.25) is 0 Å². The van der Waals surface area contributed by atoms with E-state index in [9.17, 15) is 0 Å². The molecule has 1 N–H and O–H groups in total. The molecule has 2 aliphatic heterocycles. The van der Waals surface area contributed by atoms with Crippen LogP contribution in [-0.2, 0) is 0 Å². The number of nitrogens with zero attached hydrogens (tertiary/aromatic N) is 1. The Bertz CT molecular complexity index is 2540. The minimum Gasteiger partial charge on any atom is -0.355 e. The van der Waals surface area contributed by atoms with Gasteiger partial charge in [0, 0.05) is 32.4 Å². The molecule has 0 bridgehead atoms. The zero-order valence-corrected chi connectivity index (χ0v) is 27.0. The van der Waals surface area contributed by atoms with E-state index in [0.717, 1.165) is 18.7 Å². The van der Waals surface area contributed by atoms with Crippen molar-refractivity contribution in [3.05, 3.63) is 164 Å². The molecular weight excluding hydrogens is 599 g/mol. The van der Waals surface area contributed by atoms with Gasteiger partial charge in [-0.2, -0.15) is 0 Å². The van der Waals surface area contributed by atoms with Crippen molar-refractivity contribution < 1.29 is 0 Å². The molecule has 0 aliphatic carbocycles. The number of para-hydroxylation sites is 2. The molecule has 2 aliphatic rings. The highest BCUT2D eigenvalue weighted by molar-refractivity contribution is 7.99. The van der Waals surface area contributed by atoms with E-state index in [0.29, 0.717) is 0 Å². The maximum absolute atomic E-state index is 3.88. The maximum Gasteiger partial charge on any atom is 0.198 e. The van der Waals surface area contributed by atoms with Crippen LogP contribution in [0.4, 0.5) is 28.4 Å². The number of nitrogens with one attached hydrogen (secondary N) is 1. The average Bonchev–Trinajstić information content (AvgIpc) is 3.14. The number of anilines is 5. The predicted molar refractivity (Wildman–Crippen MR) is 207 cm³/mol. The van der Waals surface area contributed by atoms with Gasteiger partial charge < -0.3 is 10.2 Å².